The molecule has 0 bridgehead atoms. The van der Waals surface area contributed by atoms with Gasteiger partial charge in [-0.2, -0.15) is 0 Å². The zero-order chi connectivity index (χ0) is 14.5. The first-order valence-electron chi connectivity index (χ1n) is 7.99. The highest BCUT2D eigenvalue weighted by Gasteiger charge is 2.25. The van der Waals surface area contributed by atoms with Crippen molar-refractivity contribution in [3.63, 3.8) is 0 Å². The van der Waals surface area contributed by atoms with Crippen molar-refractivity contribution in [2.45, 2.75) is 64.8 Å². The Morgan fingerprint density at radius 2 is 1.90 bits per heavy atom. The molecule has 0 amide bonds. The van der Waals surface area contributed by atoms with Gasteiger partial charge in [-0.15, -0.1) is 0 Å². The van der Waals surface area contributed by atoms with Gasteiger partial charge in [0.2, 0.25) is 0 Å². The predicted octanol–water partition coefficient (Wildman–Crippen LogP) is 3.42. The van der Waals surface area contributed by atoms with Gasteiger partial charge in [0.15, 0.2) is 0 Å². The van der Waals surface area contributed by atoms with Crippen molar-refractivity contribution in [3.8, 4) is 0 Å². The van der Waals surface area contributed by atoms with Crippen LogP contribution in [0.15, 0.2) is 6.33 Å². The van der Waals surface area contributed by atoms with Crippen molar-refractivity contribution in [1.29, 1.82) is 0 Å². The Morgan fingerprint density at radius 1 is 1.20 bits per heavy atom. The van der Waals surface area contributed by atoms with Crippen molar-refractivity contribution in [3.05, 3.63) is 11.9 Å². The summed E-state index contributed by atoms with van der Waals surface area (Å²) in [6, 6.07) is 0.600. The first kappa shape index (κ1) is 15.1. The standard InChI is InChI=1S/C16H28N4/c1-4-6-14-15(17)18-11-19-16(14)20(3)13-9-7-12(5-2)8-10-13/h11-13H,4-10H2,1-3H3,(H2,17,18,19). The number of hydrogen-bond acceptors (Lipinski definition) is 4. The van der Waals surface area contributed by atoms with Crippen LogP contribution in [0.1, 0.15) is 57.9 Å². The van der Waals surface area contributed by atoms with Gasteiger partial charge in [0.25, 0.3) is 0 Å². The highest BCUT2D eigenvalue weighted by atomic mass is 15.2. The Bertz CT molecular complexity index is 424. The summed E-state index contributed by atoms with van der Waals surface area (Å²) in [4.78, 5) is 11.0. The number of rotatable bonds is 5. The fourth-order valence-electron chi connectivity index (χ4n) is 3.32. The van der Waals surface area contributed by atoms with E-state index in [0.29, 0.717) is 11.9 Å². The number of anilines is 2. The average Bonchev–Trinajstić information content (AvgIpc) is 2.49. The molecule has 0 unspecified atom stereocenters. The number of nitrogens with zero attached hydrogens (tertiary/aromatic N) is 3. The summed E-state index contributed by atoms with van der Waals surface area (Å²) < 4.78 is 0. The van der Waals surface area contributed by atoms with E-state index in [0.717, 1.165) is 30.1 Å². The van der Waals surface area contributed by atoms with E-state index in [1.165, 1.54) is 32.1 Å². The van der Waals surface area contributed by atoms with Gasteiger partial charge in [0.1, 0.15) is 18.0 Å². The van der Waals surface area contributed by atoms with Crippen LogP contribution in [0.3, 0.4) is 0 Å². The minimum atomic E-state index is 0.600. The summed E-state index contributed by atoms with van der Waals surface area (Å²) in [6.07, 6.45) is 10.2. The molecule has 1 aliphatic rings. The maximum atomic E-state index is 6.04. The lowest BCUT2D eigenvalue weighted by atomic mass is 9.84. The zero-order valence-corrected chi connectivity index (χ0v) is 13.1. The predicted molar refractivity (Wildman–Crippen MR) is 84.9 cm³/mol. The highest BCUT2D eigenvalue weighted by Crippen LogP contribution is 2.32. The van der Waals surface area contributed by atoms with E-state index in [2.05, 4.69) is 35.8 Å². The van der Waals surface area contributed by atoms with Crippen LogP contribution >= 0.6 is 0 Å². The van der Waals surface area contributed by atoms with Gasteiger partial charge in [-0.3, -0.25) is 0 Å². The van der Waals surface area contributed by atoms with Crippen LogP contribution in [0.25, 0.3) is 0 Å². The number of hydrogen-bond donors (Lipinski definition) is 1. The quantitative estimate of drug-likeness (QED) is 0.895. The third-order valence-corrected chi connectivity index (χ3v) is 4.73. The van der Waals surface area contributed by atoms with Gasteiger partial charge in [-0.05, 0) is 38.0 Å². The molecule has 112 valence electrons. The Hall–Kier alpha value is -1.32. The van der Waals surface area contributed by atoms with Crippen molar-refractivity contribution < 1.29 is 0 Å². The van der Waals surface area contributed by atoms with E-state index in [9.17, 15) is 0 Å². The molecule has 2 N–H and O–H groups in total. The molecule has 2 rings (SSSR count). The summed E-state index contributed by atoms with van der Waals surface area (Å²) >= 11 is 0. The van der Waals surface area contributed by atoms with Gasteiger partial charge in [-0.25, -0.2) is 9.97 Å². The highest BCUT2D eigenvalue weighted by molar-refractivity contribution is 5.56. The molecule has 1 fully saturated rings. The molecule has 4 nitrogen and oxygen atoms in total. The fourth-order valence-corrected chi connectivity index (χ4v) is 3.32. The van der Waals surface area contributed by atoms with E-state index in [4.69, 9.17) is 5.73 Å². The average molecular weight is 276 g/mol. The van der Waals surface area contributed by atoms with E-state index in [-0.39, 0.29) is 0 Å². The topological polar surface area (TPSA) is 55.0 Å². The van der Waals surface area contributed by atoms with Crippen LogP contribution < -0.4 is 10.6 Å². The SMILES string of the molecule is CCCc1c(N)ncnc1N(C)C1CCC(CC)CC1. The van der Waals surface area contributed by atoms with E-state index < -0.39 is 0 Å². The molecule has 0 atom stereocenters. The fraction of sp³-hybridized carbons (Fsp3) is 0.750. The lowest BCUT2D eigenvalue weighted by Gasteiger charge is -2.36. The maximum absolute atomic E-state index is 6.04. The minimum absolute atomic E-state index is 0.600. The molecule has 0 spiro atoms. The van der Waals surface area contributed by atoms with Crippen LogP contribution in [0.4, 0.5) is 11.6 Å². The second-order valence-electron chi connectivity index (χ2n) is 6.00. The number of nitrogens with two attached hydrogens (primary N) is 1. The molecule has 1 aromatic heterocycles. The van der Waals surface area contributed by atoms with Crippen molar-refractivity contribution in [2.24, 2.45) is 5.92 Å². The zero-order valence-electron chi connectivity index (χ0n) is 13.1. The molecule has 20 heavy (non-hydrogen) atoms. The molecule has 1 heterocycles. The third kappa shape index (κ3) is 3.22. The number of nitrogen functional groups attached to an aromatic ring is 1. The molecule has 0 radical (unpaired) electrons. The van der Waals surface area contributed by atoms with Crippen molar-refractivity contribution >= 4 is 11.6 Å². The van der Waals surface area contributed by atoms with Gasteiger partial charge in [0.05, 0.1) is 0 Å². The summed E-state index contributed by atoms with van der Waals surface area (Å²) in [5, 5.41) is 0. The van der Waals surface area contributed by atoms with Crippen LogP contribution in [0.5, 0.6) is 0 Å². The Balaban J connectivity index is 2.13. The smallest absolute Gasteiger partial charge is 0.137 e. The monoisotopic (exact) mass is 276 g/mol. The molecule has 1 aliphatic carbocycles. The second-order valence-corrected chi connectivity index (χ2v) is 6.00. The normalized spacial score (nSPS) is 22.8. The Kier molecular flexibility index (Phi) is 5.21. The van der Waals surface area contributed by atoms with Crippen LogP contribution in [-0.4, -0.2) is 23.1 Å². The van der Waals surface area contributed by atoms with Gasteiger partial charge in [-0.1, -0.05) is 26.7 Å². The largest absolute Gasteiger partial charge is 0.383 e. The second kappa shape index (κ2) is 6.91. The van der Waals surface area contributed by atoms with Gasteiger partial charge in [0, 0.05) is 18.7 Å². The molecule has 1 aromatic rings. The summed E-state index contributed by atoms with van der Waals surface area (Å²) in [6.45, 7) is 4.47. The molecule has 1 saturated carbocycles. The van der Waals surface area contributed by atoms with E-state index in [1.807, 2.05) is 0 Å². The van der Waals surface area contributed by atoms with Gasteiger partial charge >= 0.3 is 0 Å². The Morgan fingerprint density at radius 3 is 2.50 bits per heavy atom. The lowest BCUT2D eigenvalue weighted by molar-refractivity contribution is 0.312. The molecular weight excluding hydrogens is 248 g/mol. The molecular formula is C16H28N4. The summed E-state index contributed by atoms with van der Waals surface area (Å²) in [5.74, 6) is 2.61. The maximum Gasteiger partial charge on any atom is 0.137 e. The van der Waals surface area contributed by atoms with Crippen molar-refractivity contribution in [1.82, 2.24) is 9.97 Å². The van der Waals surface area contributed by atoms with Crippen LogP contribution in [0.2, 0.25) is 0 Å². The van der Waals surface area contributed by atoms with E-state index in [1.54, 1.807) is 6.33 Å². The van der Waals surface area contributed by atoms with Crippen LogP contribution in [0, 0.1) is 5.92 Å². The molecule has 0 aliphatic heterocycles. The number of aromatic nitrogens is 2. The molecule has 0 aromatic carbocycles. The third-order valence-electron chi connectivity index (χ3n) is 4.73. The van der Waals surface area contributed by atoms with E-state index >= 15 is 0 Å². The minimum Gasteiger partial charge on any atom is -0.383 e. The summed E-state index contributed by atoms with van der Waals surface area (Å²) in [5.41, 5.74) is 7.16. The lowest BCUT2D eigenvalue weighted by Crippen LogP contribution is -2.36. The molecule has 4 heteroatoms. The van der Waals surface area contributed by atoms with Crippen LogP contribution in [-0.2, 0) is 6.42 Å². The molecule has 0 saturated heterocycles. The summed E-state index contributed by atoms with van der Waals surface area (Å²) in [7, 11) is 2.16. The Labute approximate surface area is 122 Å². The van der Waals surface area contributed by atoms with Crippen molar-refractivity contribution in [2.75, 3.05) is 17.7 Å². The first-order valence-corrected chi connectivity index (χ1v) is 7.99. The first-order chi connectivity index (χ1) is 9.67. The van der Waals surface area contributed by atoms with Gasteiger partial charge < -0.3 is 10.6 Å².